The number of hydrogen-bond donors (Lipinski definition) is 2. The highest BCUT2D eigenvalue weighted by Gasteiger charge is 2.32. The molecule has 5 heteroatoms. The van der Waals surface area contributed by atoms with Crippen molar-refractivity contribution in [2.75, 3.05) is 36.9 Å². The van der Waals surface area contributed by atoms with Gasteiger partial charge in [-0.3, -0.25) is 9.88 Å². The van der Waals surface area contributed by atoms with Crippen LogP contribution < -0.4 is 5.73 Å². The summed E-state index contributed by atoms with van der Waals surface area (Å²) in [5.41, 5.74) is 10.3. The monoisotopic (exact) mass is 305 g/mol. The van der Waals surface area contributed by atoms with Gasteiger partial charge in [-0.25, -0.2) is 0 Å². The van der Waals surface area contributed by atoms with Crippen molar-refractivity contribution in [3.8, 4) is 0 Å². The molecule has 2 heterocycles. The Morgan fingerprint density at radius 1 is 1.48 bits per heavy atom. The van der Waals surface area contributed by atoms with E-state index in [1.54, 1.807) is 6.20 Å². The van der Waals surface area contributed by atoms with Gasteiger partial charge in [0.1, 0.15) is 0 Å². The fourth-order valence-electron chi connectivity index (χ4n) is 3.20. The number of fused-ring (bicyclic) bond motifs is 1. The average Bonchev–Trinajstić information content (AvgIpc) is 3.02. The molecule has 0 spiro atoms. The van der Waals surface area contributed by atoms with Crippen LogP contribution in [0.3, 0.4) is 0 Å². The third-order valence-electron chi connectivity index (χ3n) is 4.36. The van der Waals surface area contributed by atoms with Crippen LogP contribution in [0.2, 0.25) is 0 Å². The first-order valence-electron chi connectivity index (χ1n) is 7.60. The second kappa shape index (κ2) is 6.38. The van der Waals surface area contributed by atoms with Crippen LogP contribution >= 0.6 is 11.8 Å². The van der Waals surface area contributed by atoms with E-state index in [0.717, 1.165) is 54.5 Å². The number of nitrogen functional groups attached to an aromatic ring is 1. The Morgan fingerprint density at radius 3 is 3.14 bits per heavy atom. The van der Waals surface area contributed by atoms with Crippen LogP contribution in [-0.2, 0) is 6.42 Å². The van der Waals surface area contributed by atoms with Gasteiger partial charge in [-0.05, 0) is 29.6 Å². The third-order valence-corrected chi connectivity index (χ3v) is 5.43. The molecule has 0 saturated carbocycles. The van der Waals surface area contributed by atoms with Gasteiger partial charge in [-0.2, -0.15) is 11.8 Å². The molecule has 3 N–H and O–H groups in total. The van der Waals surface area contributed by atoms with E-state index in [-0.39, 0.29) is 6.10 Å². The number of hydrogen-bond acceptors (Lipinski definition) is 5. The largest absolute Gasteiger partial charge is 0.398 e. The van der Waals surface area contributed by atoms with Crippen molar-refractivity contribution in [2.45, 2.75) is 19.4 Å². The van der Waals surface area contributed by atoms with Crippen LogP contribution in [0.1, 0.15) is 18.2 Å². The number of likely N-dealkylation sites (tertiary alicyclic amines) is 1. The van der Waals surface area contributed by atoms with Gasteiger partial charge >= 0.3 is 0 Å². The van der Waals surface area contributed by atoms with Crippen molar-refractivity contribution in [3.63, 3.8) is 0 Å². The summed E-state index contributed by atoms with van der Waals surface area (Å²) in [6.07, 6.45) is 4.70. The Morgan fingerprint density at radius 2 is 2.33 bits per heavy atom. The van der Waals surface area contributed by atoms with E-state index in [2.05, 4.69) is 22.9 Å². The molecule has 1 unspecified atom stereocenters. The van der Waals surface area contributed by atoms with E-state index in [0.29, 0.717) is 5.92 Å². The number of thioether (sulfide) groups is 1. The number of β-amino-alcohol motifs (C(OH)–C–C–N with tert-alkyl or cyclic N) is 1. The lowest BCUT2D eigenvalue weighted by atomic mass is 10.1. The maximum atomic E-state index is 10.2. The van der Waals surface area contributed by atoms with Crippen molar-refractivity contribution in [1.82, 2.24) is 9.88 Å². The zero-order valence-corrected chi connectivity index (χ0v) is 13.3. The molecule has 4 nitrogen and oxygen atoms in total. The highest BCUT2D eigenvalue weighted by atomic mass is 32.2. The summed E-state index contributed by atoms with van der Waals surface area (Å²) in [6, 6.07) is 1.87. The summed E-state index contributed by atoms with van der Waals surface area (Å²) in [7, 11) is 0. The average molecular weight is 305 g/mol. The van der Waals surface area contributed by atoms with E-state index in [1.807, 2.05) is 17.8 Å². The molecular formula is C16H23N3OS. The van der Waals surface area contributed by atoms with Gasteiger partial charge in [-0.1, -0.05) is 13.0 Å². The molecule has 0 aromatic carbocycles. The molecule has 114 valence electrons. The molecule has 3 rings (SSSR count). The number of aliphatic hydroxyl groups excluding tert-OH is 1. The van der Waals surface area contributed by atoms with Crippen molar-refractivity contribution in [1.29, 1.82) is 0 Å². The van der Waals surface area contributed by atoms with Gasteiger partial charge in [0.2, 0.25) is 0 Å². The molecule has 1 fully saturated rings. The molecule has 1 aliphatic heterocycles. The second-order valence-electron chi connectivity index (χ2n) is 5.84. The number of allylic oxidation sites excluding steroid dienone is 1. The first kappa shape index (κ1) is 14.9. The SMILES string of the molecule is CCSC[C@H]1CN(CC2=CCc3c(N)ccnc32)CC1O. The molecule has 1 aromatic rings. The minimum Gasteiger partial charge on any atom is -0.398 e. The van der Waals surface area contributed by atoms with Gasteiger partial charge in [0.15, 0.2) is 0 Å². The fourth-order valence-corrected chi connectivity index (χ4v) is 4.07. The van der Waals surface area contributed by atoms with Crippen LogP contribution in [0.5, 0.6) is 0 Å². The Bertz CT molecular complexity index is 546. The first-order valence-corrected chi connectivity index (χ1v) is 8.75. The lowest BCUT2D eigenvalue weighted by molar-refractivity contribution is 0.151. The van der Waals surface area contributed by atoms with E-state index in [4.69, 9.17) is 5.73 Å². The Labute approximate surface area is 130 Å². The predicted molar refractivity (Wildman–Crippen MR) is 89.3 cm³/mol. The molecule has 0 bridgehead atoms. The van der Waals surface area contributed by atoms with Crippen molar-refractivity contribution in [3.05, 3.63) is 29.6 Å². The van der Waals surface area contributed by atoms with Crippen molar-refractivity contribution >= 4 is 23.0 Å². The predicted octanol–water partition coefficient (Wildman–Crippen LogP) is 1.65. The normalized spacial score (nSPS) is 25.1. The maximum absolute atomic E-state index is 10.2. The second-order valence-corrected chi connectivity index (χ2v) is 7.16. The number of nitrogens with two attached hydrogens (primary N) is 1. The van der Waals surface area contributed by atoms with Crippen molar-refractivity contribution < 1.29 is 5.11 Å². The molecule has 1 aromatic heterocycles. The first-order chi connectivity index (χ1) is 10.2. The zero-order valence-electron chi connectivity index (χ0n) is 12.5. The van der Waals surface area contributed by atoms with Crippen LogP contribution in [-0.4, -0.2) is 52.2 Å². The molecule has 21 heavy (non-hydrogen) atoms. The lowest BCUT2D eigenvalue weighted by Gasteiger charge is -2.16. The fraction of sp³-hybridized carbons (Fsp3) is 0.562. The summed E-state index contributed by atoms with van der Waals surface area (Å²) in [6.45, 7) is 4.78. The summed E-state index contributed by atoms with van der Waals surface area (Å²) in [5, 5.41) is 10.2. The molecule has 2 aliphatic rings. The number of aromatic nitrogens is 1. The van der Waals surface area contributed by atoms with Crippen LogP contribution in [0, 0.1) is 5.92 Å². The number of aliphatic hydroxyl groups is 1. The van der Waals surface area contributed by atoms with Gasteiger partial charge in [-0.15, -0.1) is 0 Å². The van der Waals surface area contributed by atoms with Crippen LogP contribution in [0.15, 0.2) is 18.3 Å². The Kier molecular flexibility index (Phi) is 4.52. The van der Waals surface area contributed by atoms with Gasteiger partial charge in [0, 0.05) is 43.0 Å². The molecule has 0 amide bonds. The molecule has 1 aliphatic carbocycles. The Balaban J connectivity index is 1.63. The molecule has 2 atom stereocenters. The van der Waals surface area contributed by atoms with E-state index < -0.39 is 0 Å². The smallest absolute Gasteiger partial charge is 0.0727 e. The highest BCUT2D eigenvalue weighted by Crippen LogP contribution is 2.31. The van der Waals surface area contributed by atoms with Crippen LogP contribution in [0.4, 0.5) is 5.69 Å². The quantitative estimate of drug-likeness (QED) is 0.866. The van der Waals surface area contributed by atoms with Crippen LogP contribution in [0.25, 0.3) is 5.57 Å². The molecule has 0 radical (unpaired) electrons. The summed E-state index contributed by atoms with van der Waals surface area (Å²) >= 11 is 1.91. The Hall–Kier alpha value is -1.04. The topological polar surface area (TPSA) is 62.4 Å². The zero-order chi connectivity index (χ0) is 14.8. The summed E-state index contributed by atoms with van der Waals surface area (Å²) in [5.74, 6) is 2.56. The van der Waals surface area contributed by atoms with E-state index >= 15 is 0 Å². The van der Waals surface area contributed by atoms with E-state index in [9.17, 15) is 5.11 Å². The standard InChI is InChI=1S/C16H23N3OS/c1-2-21-10-12-8-19(9-15(12)20)7-11-3-4-13-14(17)5-6-18-16(11)13/h3,5-6,12,15,20H,2,4,7-10H2,1H3,(H2,17,18)/t12-,15?/m1/s1. The highest BCUT2D eigenvalue weighted by molar-refractivity contribution is 7.99. The molecule has 1 saturated heterocycles. The van der Waals surface area contributed by atoms with Gasteiger partial charge < -0.3 is 10.8 Å². The minimum absolute atomic E-state index is 0.195. The van der Waals surface area contributed by atoms with E-state index in [1.165, 1.54) is 5.57 Å². The van der Waals surface area contributed by atoms with Crippen molar-refractivity contribution in [2.24, 2.45) is 5.92 Å². The lowest BCUT2D eigenvalue weighted by Crippen LogP contribution is -2.24. The minimum atomic E-state index is -0.195. The summed E-state index contributed by atoms with van der Waals surface area (Å²) < 4.78 is 0. The number of nitrogens with zero attached hydrogens (tertiary/aromatic N) is 2. The van der Waals surface area contributed by atoms with Gasteiger partial charge in [0.05, 0.1) is 11.8 Å². The number of pyridine rings is 1. The maximum Gasteiger partial charge on any atom is 0.0727 e. The van der Waals surface area contributed by atoms with Gasteiger partial charge in [0.25, 0.3) is 0 Å². The summed E-state index contributed by atoms with van der Waals surface area (Å²) in [4.78, 5) is 6.83. The number of rotatable bonds is 5. The third kappa shape index (κ3) is 3.10. The number of anilines is 1. The molecular weight excluding hydrogens is 282 g/mol.